The van der Waals surface area contributed by atoms with Crippen molar-refractivity contribution in [1.29, 1.82) is 0 Å². The van der Waals surface area contributed by atoms with Crippen molar-refractivity contribution in [2.45, 2.75) is 70.8 Å². The molecule has 2 aromatic rings. The number of aromatic amines is 1. The van der Waals surface area contributed by atoms with Crippen LogP contribution in [0.15, 0.2) is 24.4 Å². The number of allylic oxidation sites excluding steroid dienone is 2. The van der Waals surface area contributed by atoms with Gasteiger partial charge in [0.1, 0.15) is 5.60 Å². The molecule has 4 rings (SSSR count). The van der Waals surface area contributed by atoms with E-state index >= 15 is 0 Å². The monoisotopic (exact) mass is 490 g/mol. The van der Waals surface area contributed by atoms with E-state index in [0.29, 0.717) is 17.7 Å². The number of hydrogen-bond donors (Lipinski definition) is 2. The average molecular weight is 491 g/mol. The Bertz CT molecular complexity index is 1150. The molecule has 8 nitrogen and oxygen atoms in total. The zero-order valence-corrected chi connectivity index (χ0v) is 22.0. The Morgan fingerprint density at radius 1 is 1.28 bits per heavy atom. The topological polar surface area (TPSA) is 87.5 Å². The first-order chi connectivity index (χ1) is 17.2. The molecule has 2 heterocycles. The van der Waals surface area contributed by atoms with Crippen molar-refractivity contribution in [3.63, 3.8) is 0 Å². The molecule has 0 atom stereocenters. The second-order valence-electron chi connectivity index (χ2n) is 10.9. The van der Waals surface area contributed by atoms with Crippen molar-refractivity contribution in [2.24, 2.45) is 5.41 Å². The predicted molar refractivity (Wildman–Crippen MR) is 142 cm³/mol. The first kappa shape index (κ1) is 26.1. The molecule has 1 saturated carbocycles. The van der Waals surface area contributed by atoms with E-state index in [2.05, 4.69) is 45.2 Å². The van der Waals surface area contributed by atoms with Crippen LogP contribution < -0.4 is 5.32 Å². The molecule has 0 aromatic carbocycles. The summed E-state index contributed by atoms with van der Waals surface area (Å²) in [6, 6.07) is 3.85. The molecule has 1 fully saturated rings. The number of nitrogens with zero attached hydrogens (tertiary/aromatic N) is 4. The van der Waals surface area contributed by atoms with Crippen LogP contribution in [0.25, 0.3) is 10.4 Å². The molecule has 0 radical (unpaired) electrons. The lowest BCUT2D eigenvalue weighted by Gasteiger charge is -2.33. The summed E-state index contributed by atoms with van der Waals surface area (Å²) in [7, 11) is 4.12. The van der Waals surface area contributed by atoms with Gasteiger partial charge in [0.25, 0.3) is 5.82 Å². The standard InChI is InChI=1S/C28H38N6O2/c1-27(2,36-18-8-17-34(4)5)22-10-9-21(31-26(35)25-30-19-23(29-3)33-25)24(32-22)20-11-15-28(16-12-20)13-6-7-14-28/h9-11,19H,6-8,12-18H2,1-2,4-5H3,(H,30,33)(H,31,35). The molecule has 0 saturated heterocycles. The zero-order valence-electron chi connectivity index (χ0n) is 22.0. The smallest absolute Gasteiger partial charge is 0.314 e. The zero-order chi connectivity index (χ0) is 25.8. The second-order valence-corrected chi connectivity index (χ2v) is 10.9. The quantitative estimate of drug-likeness (QED) is 0.336. The van der Waals surface area contributed by atoms with Crippen molar-refractivity contribution in [3.05, 3.63) is 53.0 Å². The third kappa shape index (κ3) is 6.03. The van der Waals surface area contributed by atoms with Gasteiger partial charge in [0.2, 0.25) is 5.82 Å². The molecule has 2 aromatic heterocycles. The van der Waals surface area contributed by atoms with Crippen molar-refractivity contribution in [1.82, 2.24) is 19.9 Å². The summed E-state index contributed by atoms with van der Waals surface area (Å²) in [6.07, 6.45) is 13.1. The summed E-state index contributed by atoms with van der Waals surface area (Å²) in [5, 5.41) is 2.98. The van der Waals surface area contributed by atoms with E-state index in [1.165, 1.54) is 37.5 Å². The van der Waals surface area contributed by atoms with Gasteiger partial charge in [0.05, 0.1) is 23.3 Å². The summed E-state index contributed by atoms with van der Waals surface area (Å²) in [4.78, 5) is 30.2. The maximum atomic E-state index is 12.9. The normalized spacial score (nSPS) is 17.3. The van der Waals surface area contributed by atoms with E-state index in [4.69, 9.17) is 16.3 Å². The summed E-state index contributed by atoms with van der Waals surface area (Å²) in [5.41, 5.74) is 3.36. The van der Waals surface area contributed by atoms with Crippen LogP contribution in [-0.4, -0.2) is 53.0 Å². The van der Waals surface area contributed by atoms with Crippen LogP contribution in [0.1, 0.15) is 87.2 Å². The van der Waals surface area contributed by atoms with Crippen molar-refractivity contribution in [2.75, 3.05) is 32.6 Å². The maximum Gasteiger partial charge on any atom is 0.314 e. The number of nitrogens with one attached hydrogen (secondary N) is 2. The molecule has 192 valence electrons. The number of carbonyl (C=O) groups is 1. The number of pyridine rings is 1. The molecule has 0 unspecified atom stereocenters. The molecule has 2 aliphatic carbocycles. The van der Waals surface area contributed by atoms with Crippen LogP contribution in [0.5, 0.6) is 0 Å². The number of aromatic nitrogens is 3. The lowest BCUT2D eigenvalue weighted by molar-refractivity contribution is -0.0274. The SMILES string of the molecule is [C-]#[N+]c1cnc(C(=O)Nc2ccc(C(C)(C)OCCCN(C)C)nc2C2=CCC3(CCCC3)CC2)[nH]1. The van der Waals surface area contributed by atoms with Crippen LogP contribution in [0.3, 0.4) is 0 Å². The number of carbonyl (C=O) groups excluding carboxylic acids is 1. The van der Waals surface area contributed by atoms with Crippen molar-refractivity contribution >= 4 is 23.0 Å². The molecule has 0 bridgehead atoms. The number of amides is 1. The minimum Gasteiger partial charge on any atom is -0.369 e. The number of imidazole rings is 1. The van der Waals surface area contributed by atoms with Crippen LogP contribution in [-0.2, 0) is 10.3 Å². The second kappa shape index (κ2) is 10.9. The fraction of sp³-hybridized carbons (Fsp3) is 0.571. The molecule has 2 aliphatic rings. The Kier molecular flexibility index (Phi) is 7.91. The molecule has 8 heteroatoms. The lowest BCUT2D eigenvalue weighted by Crippen LogP contribution is -2.26. The summed E-state index contributed by atoms with van der Waals surface area (Å²) in [5.74, 6) is -0.0365. The van der Waals surface area contributed by atoms with Gasteiger partial charge in [0, 0.05) is 6.61 Å². The average Bonchev–Trinajstić information content (AvgIpc) is 3.53. The first-order valence-electron chi connectivity index (χ1n) is 12.9. The number of hydrogen-bond acceptors (Lipinski definition) is 5. The third-order valence-electron chi connectivity index (χ3n) is 7.55. The van der Waals surface area contributed by atoms with Gasteiger partial charge in [-0.05, 0) is 96.1 Å². The fourth-order valence-electron chi connectivity index (χ4n) is 5.33. The maximum absolute atomic E-state index is 12.9. The summed E-state index contributed by atoms with van der Waals surface area (Å²) < 4.78 is 6.25. The molecule has 0 aliphatic heterocycles. The largest absolute Gasteiger partial charge is 0.369 e. The van der Waals surface area contributed by atoms with Gasteiger partial charge < -0.3 is 19.8 Å². The Morgan fingerprint density at radius 2 is 2.06 bits per heavy atom. The van der Waals surface area contributed by atoms with Gasteiger partial charge in [-0.15, -0.1) is 0 Å². The molecule has 2 N–H and O–H groups in total. The van der Waals surface area contributed by atoms with Crippen molar-refractivity contribution in [3.8, 4) is 0 Å². The van der Waals surface area contributed by atoms with Gasteiger partial charge in [-0.3, -0.25) is 9.78 Å². The van der Waals surface area contributed by atoms with Crippen LogP contribution >= 0.6 is 0 Å². The van der Waals surface area contributed by atoms with Gasteiger partial charge in [0.15, 0.2) is 0 Å². The van der Waals surface area contributed by atoms with Crippen LogP contribution in [0, 0.1) is 12.0 Å². The fourth-order valence-corrected chi connectivity index (χ4v) is 5.33. The summed E-state index contributed by atoms with van der Waals surface area (Å²) in [6.45, 7) is 12.8. The molecular formula is C28H38N6O2. The van der Waals surface area contributed by atoms with Gasteiger partial charge in [-0.2, -0.15) is 0 Å². The Labute approximate surface area is 214 Å². The van der Waals surface area contributed by atoms with Gasteiger partial charge >= 0.3 is 5.91 Å². The Morgan fingerprint density at radius 3 is 2.69 bits per heavy atom. The number of anilines is 1. The van der Waals surface area contributed by atoms with Crippen LogP contribution in [0.4, 0.5) is 11.5 Å². The number of H-pyrrole nitrogens is 1. The van der Waals surface area contributed by atoms with Crippen LogP contribution in [0.2, 0.25) is 0 Å². The molecule has 1 spiro atoms. The Hall–Kier alpha value is -3.02. The van der Waals surface area contributed by atoms with E-state index < -0.39 is 5.60 Å². The van der Waals surface area contributed by atoms with Crippen molar-refractivity contribution < 1.29 is 9.53 Å². The van der Waals surface area contributed by atoms with E-state index in [9.17, 15) is 4.79 Å². The number of ether oxygens (including phenoxy) is 1. The highest BCUT2D eigenvalue weighted by Gasteiger charge is 2.36. The highest BCUT2D eigenvalue weighted by atomic mass is 16.5. The third-order valence-corrected chi connectivity index (χ3v) is 7.55. The minimum absolute atomic E-state index is 0.114. The highest BCUT2D eigenvalue weighted by Crippen LogP contribution is 2.50. The van der Waals surface area contributed by atoms with E-state index in [1.807, 2.05) is 26.0 Å². The molecule has 1 amide bonds. The highest BCUT2D eigenvalue weighted by molar-refractivity contribution is 6.03. The number of rotatable bonds is 9. The first-order valence-corrected chi connectivity index (χ1v) is 12.9. The molecular weight excluding hydrogens is 452 g/mol. The van der Waals surface area contributed by atoms with E-state index in [0.717, 1.165) is 43.6 Å². The van der Waals surface area contributed by atoms with E-state index in [1.54, 1.807) is 0 Å². The summed E-state index contributed by atoms with van der Waals surface area (Å²) >= 11 is 0. The lowest BCUT2D eigenvalue weighted by atomic mass is 9.73. The molecule has 36 heavy (non-hydrogen) atoms. The van der Waals surface area contributed by atoms with E-state index in [-0.39, 0.29) is 17.5 Å². The Balaban J connectivity index is 1.60. The van der Waals surface area contributed by atoms with Gasteiger partial charge in [-0.25, -0.2) is 9.97 Å². The van der Waals surface area contributed by atoms with Gasteiger partial charge in [-0.1, -0.05) is 25.5 Å². The predicted octanol–water partition coefficient (Wildman–Crippen LogP) is 5.94. The minimum atomic E-state index is -0.558.